The van der Waals surface area contributed by atoms with E-state index in [0.29, 0.717) is 35.4 Å². The van der Waals surface area contributed by atoms with Gasteiger partial charge in [0.2, 0.25) is 15.9 Å². The minimum Gasteiger partial charge on any atom is -0.431 e. The van der Waals surface area contributed by atoms with Crippen molar-refractivity contribution in [3.05, 3.63) is 48.0 Å². The van der Waals surface area contributed by atoms with E-state index in [-0.39, 0.29) is 16.0 Å². The van der Waals surface area contributed by atoms with Crippen molar-refractivity contribution < 1.29 is 17.6 Å². The molecule has 1 N–H and O–H groups in total. The fourth-order valence-electron chi connectivity index (χ4n) is 3.43. The van der Waals surface area contributed by atoms with Crippen LogP contribution in [0.4, 0.5) is 5.69 Å². The molecule has 1 aromatic heterocycles. The van der Waals surface area contributed by atoms with Crippen molar-refractivity contribution in [3.63, 3.8) is 0 Å². The highest BCUT2D eigenvalue weighted by molar-refractivity contribution is 8.00. The number of benzene rings is 2. The van der Waals surface area contributed by atoms with Gasteiger partial charge in [0.05, 0.1) is 21.8 Å². The highest BCUT2D eigenvalue weighted by Crippen LogP contribution is 2.30. The molecular formula is C22H22N4O4S2. The van der Waals surface area contributed by atoms with E-state index >= 15 is 0 Å². The predicted molar refractivity (Wildman–Crippen MR) is 122 cm³/mol. The van der Waals surface area contributed by atoms with E-state index in [4.69, 9.17) is 9.68 Å². The molecule has 1 atom stereocenters. The number of nitrogens with zero attached hydrogens (tertiary/aromatic N) is 3. The van der Waals surface area contributed by atoms with Crippen LogP contribution in [-0.2, 0) is 14.8 Å². The van der Waals surface area contributed by atoms with Gasteiger partial charge in [-0.1, -0.05) is 18.2 Å². The lowest BCUT2D eigenvalue weighted by Gasteiger charge is -2.25. The van der Waals surface area contributed by atoms with Crippen molar-refractivity contribution in [2.24, 2.45) is 0 Å². The zero-order chi connectivity index (χ0) is 22.7. The highest BCUT2D eigenvalue weighted by atomic mass is 32.2. The van der Waals surface area contributed by atoms with Crippen molar-refractivity contribution in [3.8, 4) is 6.07 Å². The molecule has 8 nitrogen and oxygen atoms in total. The summed E-state index contributed by atoms with van der Waals surface area (Å²) >= 11 is 1.14. The molecule has 2 heterocycles. The number of rotatable bonds is 6. The molecule has 0 unspecified atom stereocenters. The standard InChI is InChI=1S/C22H22N4O4S2/c1-15(21(27)24-17-7-5-16(14-23)6-8-17)31-22-25-19-13-18(9-10-20(19)30-22)32(28,29)26-11-3-2-4-12-26/h5-10,13,15H,2-4,11-12H2,1H3,(H,24,27)/t15-/m0/s1. The van der Waals surface area contributed by atoms with Crippen LogP contribution in [0.5, 0.6) is 0 Å². The second kappa shape index (κ2) is 9.32. The number of anilines is 1. The number of sulfonamides is 1. The van der Waals surface area contributed by atoms with E-state index < -0.39 is 15.3 Å². The number of oxazole rings is 1. The molecular weight excluding hydrogens is 448 g/mol. The second-order valence-corrected chi connectivity index (χ2v) is 10.7. The summed E-state index contributed by atoms with van der Waals surface area (Å²) in [6.07, 6.45) is 2.79. The van der Waals surface area contributed by atoms with Crippen LogP contribution in [0.15, 0.2) is 57.0 Å². The van der Waals surface area contributed by atoms with Crippen LogP contribution in [0.25, 0.3) is 11.1 Å². The van der Waals surface area contributed by atoms with E-state index in [1.54, 1.807) is 37.3 Å². The number of nitriles is 1. The van der Waals surface area contributed by atoms with E-state index in [9.17, 15) is 13.2 Å². The number of carbonyl (C=O) groups excluding carboxylic acids is 1. The molecule has 1 fully saturated rings. The number of amides is 1. The predicted octanol–water partition coefficient (Wildman–Crippen LogP) is 3.99. The first kappa shape index (κ1) is 22.3. The summed E-state index contributed by atoms with van der Waals surface area (Å²) in [5.74, 6) is -0.240. The number of hydrogen-bond acceptors (Lipinski definition) is 7. The third-order valence-electron chi connectivity index (χ3n) is 5.22. The summed E-state index contributed by atoms with van der Waals surface area (Å²) < 4.78 is 33.0. The topological polar surface area (TPSA) is 116 Å². The largest absolute Gasteiger partial charge is 0.431 e. The highest BCUT2D eigenvalue weighted by Gasteiger charge is 2.27. The average Bonchev–Trinajstić information content (AvgIpc) is 3.21. The number of thioether (sulfide) groups is 1. The quantitative estimate of drug-likeness (QED) is 0.541. The molecule has 0 saturated carbocycles. The Hall–Kier alpha value is -2.87. The average molecular weight is 471 g/mol. The molecule has 166 valence electrons. The van der Waals surface area contributed by atoms with Crippen molar-refractivity contribution in [1.29, 1.82) is 5.26 Å². The summed E-state index contributed by atoms with van der Waals surface area (Å²) in [7, 11) is -3.56. The fourth-order valence-corrected chi connectivity index (χ4v) is 5.72. The van der Waals surface area contributed by atoms with Gasteiger partial charge in [-0.05, 0) is 62.2 Å². The first-order valence-electron chi connectivity index (χ1n) is 10.3. The lowest BCUT2D eigenvalue weighted by atomic mass is 10.2. The molecule has 32 heavy (non-hydrogen) atoms. The van der Waals surface area contributed by atoms with E-state index in [2.05, 4.69) is 10.3 Å². The minimum absolute atomic E-state index is 0.198. The smallest absolute Gasteiger partial charge is 0.257 e. The molecule has 4 rings (SSSR count). The Morgan fingerprint density at radius 2 is 1.91 bits per heavy atom. The number of aromatic nitrogens is 1. The minimum atomic E-state index is -3.56. The third kappa shape index (κ3) is 4.80. The lowest BCUT2D eigenvalue weighted by Crippen LogP contribution is -2.35. The Labute approximate surface area is 190 Å². The summed E-state index contributed by atoms with van der Waals surface area (Å²) in [5.41, 5.74) is 2.00. The van der Waals surface area contributed by atoms with Gasteiger partial charge in [0.25, 0.3) is 5.22 Å². The van der Waals surface area contributed by atoms with Gasteiger partial charge in [0, 0.05) is 18.8 Å². The second-order valence-electron chi connectivity index (χ2n) is 7.51. The zero-order valence-corrected chi connectivity index (χ0v) is 19.1. The molecule has 3 aromatic rings. The number of carbonyl (C=O) groups is 1. The Bertz CT molecular complexity index is 1270. The van der Waals surface area contributed by atoms with Gasteiger partial charge in [-0.2, -0.15) is 9.57 Å². The molecule has 0 aliphatic carbocycles. The summed E-state index contributed by atoms with van der Waals surface area (Å²) in [6.45, 7) is 2.79. The molecule has 2 aromatic carbocycles. The van der Waals surface area contributed by atoms with E-state index in [0.717, 1.165) is 31.0 Å². The maximum absolute atomic E-state index is 12.9. The van der Waals surface area contributed by atoms with Crippen LogP contribution >= 0.6 is 11.8 Å². The molecule has 0 radical (unpaired) electrons. The van der Waals surface area contributed by atoms with Crippen molar-refractivity contribution in [2.75, 3.05) is 18.4 Å². The zero-order valence-electron chi connectivity index (χ0n) is 17.4. The Morgan fingerprint density at radius 1 is 1.19 bits per heavy atom. The molecule has 1 aliphatic heterocycles. The van der Waals surface area contributed by atoms with Gasteiger partial charge in [-0.3, -0.25) is 4.79 Å². The summed E-state index contributed by atoms with van der Waals surface area (Å²) in [6, 6.07) is 13.3. The van der Waals surface area contributed by atoms with Crippen molar-refractivity contribution in [2.45, 2.75) is 41.6 Å². The van der Waals surface area contributed by atoms with Crippen LogP contribution in [0.1, 0.15) is 31.7 Å². The molecule has 0 spiro atoms. The monoisotopic (exact) mass is 470 g/mol. The number of nitrogens with one attached hydrogen (secondary N) is 1. The number of fused-ring (bicyclic) bond motifs is 1. The summed E-state index contributed by atoms with van der Waals surface area (Å²) in [5, 5.41) is 11.4. The molecule has 0 bridgehead atoms. The van der Waals surface area contributed by atoms with Gasteiger partial charge in [-0.15, -0.1) is 0 Å². The molecule has 1 saturated heterocycles. The van der Waals surface area contributed by atoms with Gasteiger partial charge >= 0.3 is 0 Å². The fraction of sp³-hybridized carbons (Fsp3) is 0.318. The maximum atomic E-state index is 12.9. The van der Waals surface area contributed by atoms with Crippen LogP contribution in [0, 0.1) is 11.3 Å². The first-order chi connectivity index (χ1) is 15.4. The summed E-state index contributed by atoms with van der Waals surface area (Å²) in [4.78, 5) is 17.1. The lowest BCUT2D eigenvalue weighted by molar-refractivity contribution is -0.115. The Morgan fingerprint density at radius 3 is 2.59 bits per heavy atom. The van der Waals surface area contributed by atoms with Gasteiger partial charge in [-0.25, -0.2) is 13.4 Å². The maximum Gasteiger partial charge on any atom is 0.257 e. The van der Waals surface area contributed by atoms with Crippen LogP contribution in [-0.4, -0.2) is 42.0 Å². The van der Waals surface area contributed by atoms with Gasteiger partial charge < -0.3 is 9.73 Å². The van der Waals surface area contributed by atoms with Gasteiger partial charge in [0.1, 0.15) is 5.52 Å². The molecule has 10 heteroatoms. The van der Waals surface area contributed by atoms with Crippen LogP contribution in [0.2, 0.25) is 0 Å². The number of hydrogen-bond donors (Lipinski definition) is 1. The SMILES string of the molecule is C[C@H](Sc1nc2cc(S(=O)(=O)N3CCCCC3)ccc2o1)C(=O)Nc1ccc(C#N)cc1. The first-order valence-corrected chi connectivity index (χ1v) is 12.6. The molecule has 1 aliphatic rings. The van der Waals surface area contributed by atoms with Gasteiger partial charge in [0.15, 0.2) is 5.58 Å². The van der Waals surface area contributed by atoms with Crippen molar-refractivity contribution >= 4 is 44.5 Å². The molecule has 1 amide bonds. The van der Waals surface area contributed by atoms with Crippen molar-refractivity contribution in [1.82, 2.24) is 9.29 Å². The number of piperidine rings is 1. The van der Waals surface area contributed by atoms with Crippen LogP contribution in [0.3, 0.4) is 0 Å². The Kier molecular flexibility index (Phi) is 6.50. The third-order valence-corrected chi connectivity index (χ3v) is 8.06. The van der Waals surface area contributed by atoms with E-state index in [1.807, 2.05) is 6.07 Å². The van der Waals surface area contributed by atoms with Crippen LogP contribution < -0.4 is 5.32 Å². The Balaban J connectivity index is 1.46. The van der Waals surface area contributed by atoms with E-state index in [1.165, 1.54) is 16.4 Å². The normalized spacial score (nSPS) is 15.9.